The Morgan fingerprint density at radius 1 is 1.38 bits per heavy atom. The van der Waals surface area contributed by atoms with Gasteiger partial charge in [-0.25, -0.2) is 0 Å². The average molecular weight is 188 g/mol. The predicted molar refractivity (Wildman–Crippen MR) is 52.4 cm³/mol. The number of hydrazine groups is 1. The number of nitrogens with two attached hydrogens (primary N) is 1. The maximum Gasteiger partial charge on any atom is 0.258 e. The summed E-state index contributed by atoms with van der Waals surface area (Å²) in [6.07, 6.45) is -0.0418. The van der Waals surface area contributed by atoms with Gasteiger partial charge < -0.3 is 0 Å². The smallest absolute Gasteiger partial charge is 0.258 e. The van der Waals surface area contributed by atoms with Crippen molar-refractivity contribution in [3.8, 4) is 0 Å². The third kappa shape index (κ3) is 4.31. The van der Waals surface area contributed by atoms with Crippen molar-refractivity contribution in [1.29, 1.82) is 5.53 Å². The normalized spacial score (nSPS) is 13.8. The molecule has 78 valence electrons. The fourth-order valence-electron chi connectivity index (χ4n) is 1.24. The summed E-state index contributed by atoms with van der Waals surface area (Å²) in [5.74, 6) is 5.64. The van der Waals surface area contributed by atoms with Crippen molar-refractivity contribution in [3.05, 3.63) is 0 Å². The van der Waals surface area contributed by atoms with Crippen molar-refractivity contribution < 1.29 is 4.70 Å². The Morgan fingerprint density at radius 3 is 2.08 bits per heavy atom. The summed E-state index contributed by atoms with van der Waals surface area (Å²) in [5, 5.41) is 1.57. The molecule has 1 unspecified atom stereocenters. The lowest BCUT2D eigenvalue weighted by atomic mass is 10.4. The van der Waals surface area contributed by atoms with E-state index in [1.807, 2.05) is 0 Å². The van der Waals surface area contributed by atoms with Crippen molar-refractivity contribution in [2.75, 3.05) is 33.7 Å². The molecule has 0 bridgehead atoms. The molecule has 0 aromatic heterocycles. The van der Waals surface area contributed by atoms with Crippen molar-refractivity contribution in [2.24, 2.45) is 5.84 Å². The van der Waals surface area contributed by atoms with Gasteiger partial charge in [-0.2, -0.15) is 5.01 Å². The molecule has 0 amide bonds. The quantitative estimate of drug-likeness (QED) is 0.205. The lowest BCUT2D eigenvalue weighted by molar-refractivity contribution is -0.644. The minimum atomic E-state index is -0.0418. The third-order valence-electron chi connectivity index (χ3n) is 2.23. The number of rotatable bonds is 6. The molecule has 0 heterocycles. The van der Waals surface area contributed by atoms with Crippen molar-refractivity contribution in [2.45, 2.75) is 20.0 Å². The highest BCUT2D eigenvalue weighted by molar-refractivity contribution is 4.58. The Kier molecular flexibility index (Phi) is 5.77. The Bertz CT molecular complexity index is 153. The number of nitrogens with zero attached hydrogens (tertiary/aromatic N) is 3. The van der Waals surface area contributed by atoms with Crippen LogP contribution in [0.1, 0.15) is 13.8 Å². The van der Waals surface area contributed by atoms with Crippen molar-refractivity contribution in [3.63, 3.8) is 0 Å². The first kappa shape index (κ1) is 12.5. The summed E-state index contributed by atoms with van der Waals surface area (Å²) in [5.41, 5.74) is 7.49. The van der Waals surface area contributed by atoms with Gasteiger partial charge in [0.05, 0.1) is 6.54 Å². The minimum absolute atomic E-state index is 0.0418. The molecule has 1 atom stereocenters. The molecule has 0 fully saturated rings. The standard InChI is InChI=1S/C8H22N5/c1-5-13(6-2)7-8(11(3)9)12(4)10/h8-9H,5-7,10H2,1-4H3/q+1. The molecule has 0 rings (SSSR count). The van der Waals surface area contributed by atoms with E-state index < -0.39 is 0 Å². The van der Waals surface area contributed by atoms with Crippen LogP contribution in [-0.4, -0.2) is 54.5 Å². The summed E-state index contributed by atoms with van der Waals surface area (Å²) >= 11 is 0. The Labute approximate surface area is 80.6 Å². The van der Waals surface area contributed by atoms with Crippen LogP contribution in [0, 0.1) is 5.53 Å². The van der Waals surface area contributed by atoms with Gasteiger partial charge in [0, 0.05) is 7.05 Å². The van der Waals surface area contributed by atoms with E-state index >= 15 is 0 Å². The van der Waals surface area contributed by atoms with E-state index in [9.17, 15) is 0 Å². The molecule has 5 nitrogen and oxygen atoms in total. The van der Waals surface area contributed by atoms with Crippen LogP contribution < -0.4 is 5.84 Å². The molecule has 0 aliphatic rings. The number of likely N-dealkylation sites (N-methyl/N-ethyl adjacent to an activating group) is 3. The Hall–Kier alpha value is -0.520. The number of hydrogen-bond acceptors (Lipinski definition) is 4. The first-order chi connectivity index (χ1) is 6.02. The van der Waals surface area contributed by atoms with Crippen LogP contribution in [0.25, 0.3) is 0 Å². The predicted octanol–water partition coefficient (Wildman–Crippen LogP) is 0.133. The van der Waals surface area contributed by atoms with Crippen LogP contribution in [-0.2, 0) is 0 Å². The molecule has 3 N–H and O–H groups in total. The van der Waals surface area contributed by atoms with E-state index in [-0.39, 0.29) is 6.17 Å². The van der Waals surface area contributed by atoms with E-state index in [4.69, 9.17) is 11.4 Å². The third-order valence-corrected chi connectivity index (χ3v) is 2.23. The molecule has 13 heavy (non-hydrogen) atoms. The van der Waals surface area contributed by atoms with Gasteiger partial charge in [0.25, 0.3) is 6.17 Å². The van der Waals surface area contributed by atoms with Crippen molar-refractivity contribution >= 4 is 0 Å². The van der Waals surface area contributed by atoms with Crippen LogP contribution >= 0.6 is 0 Å². The van der Waals surface area contributed by atoms with Gasteiger partial charge in [-0.05, 0) is 13.1 Å². The summed E-state index contributed by atoms with van der Waals surface area (Å²) in [4.78, 5) is 2.25. The van der Waals surface area contributed by atoms with Gasteiger partial charge in [-0.1, -0.05) is 19.4 Å². The Morgan fingerprint density at radius 2 is 1.85 bits per heavy atom. The second kappa shape index (κ2) is 6.01. The van der Waals surface area contributed by atoms with Crippen LogP contribution in [0.2, 0.25) is 0 Å². The van der Waals surface area contributed by atoms with E-state index in [0.29, 0.717) is 0 Å². The lowest BCUT2D eigenvalue weighted by Crippen LogP contribution is -2.50. The second-order valence-electron chi connectivity index (χ2n) is 3.24. The van der Waals surface area contributed by atoms with Crippen LogP contribution in [0.15, 0.2) is 0 Å². The highest BCUT2D eigenvalue weighted by atomic mass is 15.5. The molecule has 0 aliphatic heterocycles. The van der Waals surface area contributed by atoms with Crippen LogP contribution in [0.4, 0.5) is 0 Å². The van der Waals surface area contributed by atoms with Gasteiger partial charge in [-0.3, -0.25) is 10.7 Å². The molecule has 5 heteroatoms. The van der Waals surface area contributed by atoms with Crippen LogP contribution in [0.5, 0.6) is 0 Å². The summed E-state index contributed by atoms with van der Waals surface area (Å²) in [7, 11) is 3.51. The fraction of sp³-hybridized carbons (Fsp3) is 1.00. The summed E-state index contributed by atoms with van der Waals surface area (Å²) in [6, 6.07) is 0. The van der Waals surface area contributed by atoms with Crippen molar-refractivity contribution in [1.82, 2.24) is 9.91 Å². The molecule has 0 spiro atoms. The SMILES string of the molecule is CCN(CC)CC(N(C)N)[N+](C)=N. The highest BCUT2D eigenvalue weighted by Gasteiger charge is 2.23. The van der Waals surface area contributed by atoms with Gasteiger partial charge in [0.15, 0.2) is 7.05 Å². The Balaban J connectivity index is 4.16. The molecule has 0 saturated carbocycles. The molecule has 0 aromatic rings. The molecule has 0 saturated heterocycles. The largest absolute Gasteiger partial charge is 0.296 e. The van der Waals surface area contributed by atoms with Gasteiger partial charge >= 0.3 is 0 Å². The van der Waals surface area contributed by atoms with Gasteiger partial charge in [0.1, 0.15) is 0 Å². The zero-order valence-electron chi connectivity index (χ0n) is 9.12. The summed E-state index contributed by atoms with van der Waals surface area (Å²) < 4.78 is 1.39. The van der Waals surface area contributed by atoms with E-state index in [0.717, 1.165) is 19.6 Å². The minimum Gasteiger partial charge on any atom is -0.296 e. The van der Waals surface area contributed by atoms with E-state index in [2.05, 4.69) is 18.7 Å². The monoisotopic (exact) mass is 188 g/mol. The zero-order chi connectivity index (χ0) is 10.4. The maximum absolute atomic E-state index is 7.49. The highest BCUT2D eigenvalue weighted by Crippen LogP contribution is 1.96. The van der Waals surface area contributed by atoms with Gasteiger partial charge in [0.2, 0.25) is 0 Å². The molecular weight excluding hydrogens is 166 g/mol. The molecule has 0 radical (unpaired) electrons. The summed E-state index contributed by atoms with van der Waals surface area (Å²) in [6.45, 7) is 7.02. The molecule has 0 aliphatic carbocycles. The first-order valence-electron chi connectivity index (χ1n) is 4.66. The molecule has 0 aromatic carbocycles. The number of nitrogens with one attached hydrogen (secondary N) is 1. The topological polar surface area (TPSA) is 59.4 Å². The maximum atomic E-state index is 7.49. The van der Waals surface area contributed by atoms with E-state index in [1.165, 1.54) is 4.70 Å². The second-order valence-corrected chi connectivity index (χ2v) is 3.24. The van der Waals surface area contributed by atoms with Crippen LogP contribution in [0.3, 0.4) is 0 Å². The number of hydrogen-bond donors (Lipinski definition) is 2. The molecular formula is C8H22N5+. The zero-order valence-corrected chi connectivity index (χ0v) is 9.12. The van der Waals surface area contributed by atoms with E-state index in [1.54, 1.807) is 19.1 Å². The average Bonchev–Trinajstić information content (AvgIpc) is 2.05. The lowest BCUT2D eigenvalue weighted by Gasteiger charge is -2.24. The fourth-order valence-corrected chi connectivity index (χ4v) is 1.24. The first-order valence-corrected chi connectivity index (χ1v) is 4.66. The van der Waals surface area contributed by atoms with Gasteiger partial charge in [-0.15, -0.1) is 4.70 Å².